The molecule has 1 unspecified atom stereocenters. The lowest BCUT2D eigenvalue weighted by molar-refractivity contribution is -0.152. The van der Waals surface area contributed by atoms with Gasteiger partial charge in [0.15, 0.2) is 0 Å². The molecule has 1 fully saturated rings. The summed E-state index contributed by atoms with van der Waals surface area (Å²) >= 11 is 1.41. The number of nitrogens with zero attached hydrogens (tertiary/aromatic N) is 1. The van der Waals surface area contributed by atoms with Crippen molar-refractivity contribution in [1.82, 2.24) is 10.2 Å². The van der Waals surface area contributed by atoms with Gasteiger partial charge in [0.05, 0.1) is 7.11 Å². The molecule has 2 amide bonds. The molecule has 160 valence electrons. The van der Waals surface area contributed by atoms with Crippen LogP contribution in [0.15, 0.2) is 41.6 Å². The Kier molecular flexibility index (Phi) is 6.81. The van der Waals surface area contributed by atoms with Crippen LogP contribution >= 0.6 is 11.8 Å². The van der Waals surface area contributed by atoms with E-state index in [2.05, 4.69) is 5.32 Å². The zero-order chi connectivity index (χ0) is 21.8. The average molecular weight is 432 g/mol. The first-order valence-electron chi connectivity index (χ1n) is 9.56. The summed E-state index contributed by atoms with van der Waals surface area (Å²) in [4.78, 5) is 50.0. The fraction of sp³-hybridized carbons (Fsp3) is 0.429. The van der Waals surface area contributed by atoms with E-state index < -0.39 is 23.4 Å². The van der Waals surface area contributed by atoms with E-state index in [-0.39, 0.29) is 36.5 Å². The first kappa shape index (κ1) is 21.9. The first-order valence-corrected chi connectivity index (χ1v) is 10.6. The van der Waals surface area contributed by atoms with Crippen LogP contribution in [-0.4, -0.2) is 59.5 Å². The van der Waals surface area contributed by atoms with Crippen LogP contribution in [0.2, 0.25) is 0 Å². The van der Waals surface area contributed by atoms with E-state index >= 15 is 0 Å². The smallest absolute Gasteiger partial charge is 0.354 e. The predicted molar refractivity (Wildman–Crippen MR) is 110 cm³/mol. The fourth-order valence-corrected chi connectivity index (χ4v) is 4.81. The van der Waals surface area contributed by atoms with E-state index in [1.54, 1.807) is 0 Å². The number of ether oxygens (including phenoxy) is 2. The number of nitrogens with one attached hydrogen (secondary N) is 1. The fourth-order valence-electron chi connectivity index (χ4n) is 3.48. The molecule has 9 heteroatoms. The van der Waals surface area contributed by atoms with Crippen LogP contribution in [0, 0.1) is 0 Å². The topological polar surface area (TPSA) is 102 Å². The SMILES string of the molecule is COC(=O)C1=C(COC(C)=O)CS[C@@H]2[C@H](NC(=O)CC(C)c3ccccc3)C(=O)N12. The number of methoxy groups -OCH3 is 1. The van der Waals surface area contributed by atoms with E-state index in [0.717, 1.165) is 5.56 Å². The molecule has 0 aromatic heterocycles. The Morgan fingerprint density at radius 1 is 1.27 bits per heavy atom. The van der Waals surface area contributed by atoms with E-state index in [4.69, 9.17) is 9.47 Å². The van der Waals surface area contributed by atoms with Crippen molar-refractivity contribution in [3.05, 3.63) is 47.2 Å². The second kappa shape index (κ2) is 9.34. The molecule has 1 saturated heterocycles. The third kappa shape index (κ3) is 4.51. The number of benzene rings is 1. The van der Waals surface area contributed by atoms with E-state index in [1.807, 2.05) is 37.3 Å². The summed E-state index contributed by atoms with van der Waals surface area (Å²) in [5.41, 5.74) is 1.65. The van der Waals surface area contributed by atoms with Crippen molar-refractivity contribution in [1.29, 1.82) is 0 Å². The van der Waals surface area contributed by atoms with Crippen LogP contribution in [0.3, 0.4) is 0 Å². The largest absolute Gasteiger partial charge is 0.464 e. The van der Waals surface area contributed by atoms with Crippen molar-refractivity contribution in [3.8, 4) is 0 Å². The van der Waals surface area contributed by atoms with Crippen molar-refractivity contribution in [2.45, 2.75) is 37.6 Å². The Bertz CT molecular complexity index is 885. The summed E-state index contributed by atoms with van der Waals surface area (Å²) in [5, 5.41) is 2.40. The van der Waals surface area contributed by atoms with Gasteiger partial charge in [-0.15, -0.1) is 11.8 Å². The van der Waals surface area contributed by atoms with Gasteiger partial charge in [0.1, 0.15) is 23.7 Å². The van der Waals surface area contributed by atoms with Crippen LogP contribution < -0.4 is 5.32 Å². The molecule has 0 radical (unpaired) electrons. The van der Waals surface area contributed by atoms with Gasteiger partial charge >= 0.3 is 11.9 Å². The number of hydrogen-bond acceptors (Lipinski definition) is 7. The molecule has 0 aliphatic carbocycles. The van der Waals surface area contributed by atoms with Gasteiger partial charge in [-0.2, -0.15) is 0 Å². The van der Waals surface area contributed by atoms with Crippen molar-refractivity contribution < 1.29 is 28.7 Å². The number of amides is 2. The molecule has 2 heterocycles. The van der Waals surface area contributed by atoms with Gasteiger partial charge in [0.25, 0.3) is 5.91 Å². The average Bonchev–Trinajstić information content (AvgIpc) is 2.75. The Hall–Kier alpha value is -2.81. The van der Waals surface area contributed by atoms with Gasteiger partial charge in [0.2, 0.25) is 5.91 Å². The maximum Gasteiger partial charge on any atom is 0.354 e. The van der Waals surface area contributed by atoms with Crippen LogP contribution in [-0.2, 0) is 28.7 Å². The van der Waals surface area contributed by atoms with Gasteiger partial charge in [-0.1, -0.05) is 37.3 Å². The minimum Gasteiger partial charge on any atom is -0.464 e. The minimum atomic E-state index is -0.708. The van der Waals surface area contributed by atoms with Crippen LogP contribution in [0.4, 0.5) is 0 Å². The molecular formula is C21H24N2O6S. The van der Waals surface area contributed by atoms with Crippen LogP contribution in [0.1, 0.15) is 31.7 Å². The molecule has 2 aliphatic rings. The molecule has 0 bridgehead atoms. The number of β-lactam (4-membered cyclic amide) rings is 1. The van der Waals surface area contributed by atoms with E-state index in [1.165, 1.54) is 30.7 Å². The monoisotopic (exact) mass is 432 g/mol. The highest BCUT2D eigenvalue weighted by Gasteiger charge is 2.54. The summed E-state index contributed by atoms with van der Waals surface area (Å²) in [7, 11) is 1.23. The molecule has 2 aliphatic heterocycles. The van der Waals surface area contributed by atoms with Gasteiger partial charge in [-0.25, -0.2) is 4.79 Å². The Morgan fingerprint density at radius 3 is 2.60 bits per heavy atom. The molecule has 0 saturated carbocycles. The maximum atomic E-state index is 12.7. The van der Waals surface area contributed by atoms with Gasteiger partial charge in [-0.3, -0.25) is 19.3 Å². The molecule has 0 spiro atoms. The van der Waals surface area contributed by atoms with Gasteiger partial charge < -0.3 is 14.8 Å². The lowest BCUT2D eigenvalue weighted by atomic mass is 9.96. The normalized spacial score (nSPS) is 21.3. The van der Waals surface area contributed by atoms with E-state index in [0.29, 0.717) is 11.3 Å². The molecule has 1 aromatic carbocycles. The van der Waals surface area contributed by atoms with Crippen molar-refractivity contribution >= 4 is 35.5 Å². The summed E-state index contributed by atoms with van der Waals surface area (Å²) < 4.78 is 9.82. The van der Waals surface area contributed by atoms with Crippen molar-refractivity contribution in [3.63, 3.8) is 0 Å². The van der Waals surface area contributed by atoms with Crippen molar-refractivity contribution in [2.75, 3.05) is 19.5 Å². The number of rotatable bonds is 7. The standard InChI is InChI=1S/C21H24N2O6S/c1-12(14-7-5-4-6-8-14)9-16(25)22-17-19(26)23-18(21(27)28-3)15(10-29-13(2)24)11-30-20(17)23/h4-8,12,17,20H,9-11H2,1-3H3,(H,22,25)/t12?,17-,20-/m1/s1. The summed E-state index contributed by atoms with van der Waals surface area (Å²) in [6.07, 6.45) is 0.253. The molecule has 3 atom stereocenters. The van der Waals surface area contributed by atoms with Gasteiger partial charge in [0, 0.05) is 24.7 Å². The quantitative estimate of drug-likeness (QED) is 0.515. The summed E-state index contributed by atoms with van der Waals surface area (Å²) in [6.45, 7) is 3.14. The number of fused-ring (bicyclic) bond motifs is 1. The molecule has 30 heavy (non-hydrogen) atoms. The highest BCUT2D eigenvalue weighted by atomic mass is 32.2. The van der Waals surface area contributed by atoms with Crippen molar-refractivity contribution in [2.24, 2.45) is 0 Å². The lowest BCUT2D eigenvalue weighted by Crippen LogP contribution is -2.70. The maximum absolute atomic E-state index is 12.7. The zero-order valence-corrected chi connectivity index (χ0v) is 17.9. The minimum absolute atomic E-state index is 0.0114. The predicted octanol–water partition coefficient (Wildman–Crippen LogP) is 1.57. The van der Waals surface area contributed by atoms with Crippen LogP contribution in [0.25, 0.3) is 0 Å². The highest BCUT2D eigenvalue weighted by Crippen LogP contribution is 2.40. The lowest BCUT2D eigenvalue weighted by Gasteiger charge is -2.49. The first-order chi connectivity index (χ1) is 14.3. The van der Waals surface area contributed by atoms with Crippen LogP contribution in [0.5, 0.6) is 0 Å². The Morgan fingerprint density at radius 2 is 1.97 bits per heavy atom. The summed E-state index contributed by atoms with van der Waals surface area (Å²) in [5.74, 6) is -1.35. The number of esters is 2. The molecule has 1 aromatic rings. The Balaban J connectivity index is 1.67. The molecular weight excluding hydrogens is 408 g/mol. The summed E-state index contributed by atoms with van der Waals surface area (Å²) in [6, 6.07) is 8.97. The number of carbonyl (C=O) groups is 4. The second-order valence-corrected chi connectivity index (χ2v) is 8.30. The van der Waals surface area contributed by atoms with E-state index in [9.17, 15) is 19.2 Å². The number of thioether (sulfide) groups is 1. The third-order valence-corrected chi connectivity index (χ3v) is 6.39. The highest BCUT2D eigenvalue weighted by molar-refractivity contribution is 8.00. The molecule has 3 rings (SSSR count). The van der Waals surface area contributed by atoms with Gasteiger partial charge in [-0.05, 0) is 11.5 Å². The number of hydrogen-bond donors (Lipinski definition) is 1. The third-order valence-electron chi connectivity index (χ3n) is 5.05. The zero-order valence-electron chi connectivity index (χ0n) is 17.0. The Labute approximate surface area is 179 Å². The molecule has 8 nitrogen and oxygen atoms in total. The number of carbonyl (C=O) groups excluding carboxylic acids is 4. The molecule has 1 N–H and O–H groups in total. The second-order valence-electron chi connectivity index (χ2n) is 7.19.